The van der Waals surface area contributed by atoms with Gasteiger partial charge in [-0.1, -0.05) is 0 Å². The standard InChI is InChI=1S/C11H16N4O3/c1-3-15(8-4-5-8)9(16)6-14-7-12-10(13-14)11(17)18-2/h7-8H,3-6H2,1-2H3. The van der Waals surface area contributed by atoms with E-state index in [0.29, 0.717) is 12.6 Å². The quantitative estimate of drug-likeness (QED) is 0.693. The van der Waals surface area contributed by atoms with Gasteiger partial charge < -0.3 is 9.64 Å². The van der Waals surface area contributed by atoms with Crippen molar-refractivity contribution in [1.82, 2.24) is 19.7 Å². The Hall–Kier alpha value is -1.92. The van der Waals surface area contributed by atoms with Gasteiger partial charge in [0.05, 0.1) is 7.11 Å². The van der Waals surface area contributed by atoms with Gasteiger partial charge in [-0.3, -0.25) is 4.79 Å². The number of carbonyl (C=O) groups is 2. The smallest absolute Gasteiger partial charge is 0.377 e. The van der Waals surface area contributed by atoms with E-state index in [2.05, 4.69) is 14.8 Å². The van der Waals surface area contributed by atoms with Crippen molar-refractivity contribution < 1.29 is 14.3 Å². The van der Waals surface area contributed by atoms with Crippen molar-refractivity contribution in [3.05, 3.63) is 12.2 Å². The van der Waals surface area contributed by atoms with Gasteiger partial charge in [0.25, 0.3) is 5.82 Å². The second-order valence-corrected chi connectivity index (χ2v) is 4.17. The van der Waals surface area contributed by atoms with Crippen LogP contribution < -0.4 is 0 Å². The molecule has 1 aliphatic rings. The Balaban J connectivity index is 1.98. The monoisotopic (exact) mass is 252 g/mol. The highest BCUT2D eigenvalue weighted by atomic mass is 16.5. The molecule has 0 atom stereocenters. The number of aromatic nitrogens is 3. The zero-order chi connectivity index (χ0) is 13.1. The molecule has 1 aromatic rings. The number of hydrogen-bond acceptors (Lipinski definition) is 5. The first kappa shape index (κ1) is 12.5. The lowest BCUT2D eigenvalue weighted by Gasteiger charge is -2.19. The third kappa shape index (κ3) is 2.66. The van der Waals surface area contributed by atoms with E-state index in [-0.39, 0.29) is 18.3 Å². The molecule has 0 aliphatic heterocycles. The van der Waals surface area contributed by atoms with Crippen LogP contribution in [0, 0.1) is 0 Å². The minimum absolute atomic E-state index is 0.00122. The molecule has 0 unspecified atom stereocenters. The van der Waals surface area contributed by atoms with Crippen LogP contribution in [-0.4, -0.2) is 51.2 Å². The number of likely N-dealkylation sites (N-methyl/N-ethyl adjacent to an activating group) is 1. The summed E-state index contributed by atoms with van der Waals surface area (Å²) in [5.74, 6) is -0.628. The highest BCUT2D eigenvalue weighted by Gasteiger charge is 2.31. The van der Waals surface area contributed by atoms with E-state index in [0.717, 1.165) is 12.8 Å². The van der Waals surface area contributed by atoms with E-state index in [1.807, 2.05) is 11.8 Å². The molecule has 0 radical (unpaired) electrons. The zero-order valence-electron chi connectivity index (χ0n) is 10.5. The maximum Gasteiger partial charge on any atom is 0.377 e. The Morgan fingerprint density at radius 2 is 2.28 bits per heavy atom. The van der Waals surface area contributed by atoms with Crippen LogP contribution in [0.4, 0.5) is 0 Å². The van der Waals surface area contributed by atoms with Crippen LogP contribution in [0.1, 0.15) is 30.4 Å². The van der Waals surface area contributed by atoms with Crippen molar-refractivity contribution in [3.63, 3.8) is 0 Å². The van der Waals surface area contributed by atoms with Crippen LogP contribution in [-0.2, 0) is 16.1 Å². The van der Waals surface area contributed by atoms with Gasteiger partial charge in [0, 0.05) is 12.6 Å². The molecule has 1 heterocycles. The summed E-state index contributed by atoms with van der Waals surface area (Å²) in [5, 5.41) is 3.90. The predicted molar refractivity (Wildman–Crippen MR) is 61.8 cm³/mol. The third-order valence-corrected chi connectivity index (χ3v) is 2.85. The molecule has 1 amide bonds. The normalized spacial score (nSPS) is 14.3. The van der Waals surface area contributed by atoms with Gasteiger partial charge in [-0.2, -0.15) is 0 Å². The molecule has 1 saturated carbocycles. The van der Waals surface area contributed by atoms with Crippen molar-refractivity contribution in [3.8, 4) is 0 Å². The summed E-state index contributed by atoms with van der Waals surface area (Å²) in [6.07, 6.45) is 3.51. The van der Waals surface area contributed by atoms with Gasteiger partial charge in [0.1, 0.15) is 12.9 Å². The molecule has 0 saturated heterocycles. The highest BCUT2D eigenvalue weighted by Crippen LogP contribution is 2.26. The van der Waals surface area contributed by atoms with Gasteiger partial charge >= 0.3 is 5.97 Å². The predicted octanol–water partition coefficient (Wildman–Crippen LogP) is 0.0756. The van der Waals surface area contributed by atoms with E-state index in [4.69, 9.17) is 0 Å². The molecular weight excluding hydrogens is 236 g/mol. The molecule has 2 rings (SSSR count). The average molecular weight is 252 g/mol. The molecular formula is C11H16N4O3. The SMILES string of the molecule is CCN(C(=O)Cn1cnc(C(=O)OC)n1)C1CC1. The first-order valence-electron chi connectivity index (χ1n) is 5.93. The van der Waals surface area contributed by atoms with Crippen LogP contribution in [0.25, 0.3) is 0 Å². The van der Waals surface area contributed by atoms with Crippen molar-refractivity contribution >= 4 is 11.9 Å². The average Bonchev–Trinajstić information content (AvgIpc) is 3.08. The van der Waals surface area contributed by atoms with Crippen LogP contribution in [0.2, 0.25) is 0 Å². The first-order valence-corrected chi connectivity index (χ1v) is 5.93. The van der Waals surface area contributed by atoms with E-state index in [1.165, 1.54) is 18.1 Å². The number of amides is 1. The Morgan fingerprint density at radius 3 is 2.83 bits per heavy atom. The lowest BCUT2D eigenvalue weighted by Crippen LogP contribution is -2.35. The van der Waals surface area contributed by atoms with Gasteiger partial charge in [0.15, 0.2) is 0 Å². The third-order valence-electron chi connectivity index (χ3n) is 2.85. The minimum Gasteiger partial charge on any atom is -0.463 e. The molecule has 1 fully saturated rings. The van der Waals surface area contributed by atoms with Crippen LogP contribution in [0.5, 0.6) is 0 Å². The van der Waals surface area contributed by atoms with E-state index in [1.54, 1.807) is 0 Å². The summed E-state index contributed by atoms with van der Waals surface area (Å²) in [6, 6.07) is 0.381. The number of carbonyl (C=O) groups excluding carboxylic acids is 2. The van der Waals surface area contributed by atoms with Gasteiger partial charge in [-0.05, 0) is 19.8 Å². The molecule has 18 heavy (non-hydrogen) atoms. The van der Waals surface area contributed by atoms with Gasteiger partial charge in [-0.25, -0.2) is 14.5 Å². The highest BCUT2D eigenvalue weighted by molar-refractivity contribution is 5.84. The summed E-state index contributed by atoms with van der Waals surface area (Å²) < 4.78 is 5.86. The van der Waals surface area contributed by atoms with E-state index < -0.39 is 5.97 Å². The molecule has 0 aromatic carbocycles. The molecule has 1 aromatic heterocycles. The number of esters is 1. The van der Waals surface area contributed by atoms with Crippen molar-refractivity contribution in [1.29, 1.82) is 0 Å². The van der Waals surface area contributed by atoms with E-state index in [9.17, 15) is 9.59 Å². The molecule has 7 heteroatoms. The maximum atomic E-state index is 12.0. The van der Waals surface area contributed by atoms with Gasteiger partial charge in [-0.15, -0.1) is 5.10 Å². The second kappa shape index (κ2) is 5.16. The zero-order valence-corrected chi connectivity index (χ0v) is 10.5. The lowest BCUT2D eigenvalue weighted by atomic mass is 10.4. The number of nitrogens with zero attached hydrogens (tertiary/aromatic N) is 4. The number of rotatable bonds is 5. The van der Waals surface area contributed by atoms with Crippen molar-refractivity contribution in [2.75, 3.05) is 13.7 Å². The number of methoxy groups -OCH3 is 1. The topological polar surface area (TPSA) is 77.3 Å². The molecule has 0 spiro atoms. The van der Waals surface area contributed by atoms with E-state index >= 15 is 0 Å². The number of hydrogen-bond donors (Lipinski definition) is 0. The van der Waals surface area contributed by atoms with Crippen molar-refractivity contribution in [2.45, 2.75) is 32.4 Å². The first-order chi connectivity index (χ1) is 8.65. The minimum atomic E-state index is -0.601. The maximum absolute atomic E-state index is 12.0. The summed E-state index contributed by atoms with van der Waals surface area (Å²) in [7, 11) is 1.26. The summed E-state index contributed by atoms with van der Waals surface area (Å²) in [5.41, 5.74) is 0. The molecule has 98 valence electrons. The Labute approximate surface area is 105 Å². The molecule has 7 nitrogen and oxygen atoms in total. The van der Waals surface area contributed by atoms with Crippen LogP contribution in [0.15, 0.2) is 6.33 Å². The van der Waals surface area contributed by atoms with Crippen LogP contribution >= 0.6 is 0 Å². The molecule has 0 N–H and O–H groups in total. The fourth-order valence-corrected chi connectivity index (χ4v) is 1.81. The van der Waals surface area contributed by atoms with Crippen LogP contribution in [0.3, 0.4) is 0 Å². The molecule has 0 bridgehead atoms. The number of ether oxygens (including phenoxy) is 1. The fourth-order valence-electron chi connectivity index (χ4n) is 1.81. The second-order valence-electron chi connectivity index (χ2n) is 4.17. The Morgan fingerprint density at radius 1 is 1.56 bits per heavy atom. The molecule has 1 aliphatic carbocycles. The largest absolute Gasteiger partial charge is 0.463 e. The summed E-state index contributed by atoms with van der Waals surface area (Å²) >= 11 is 0. The van der Waals surface area contributed by atoms with Crippen molar-refractivity contribution in [2.24, 2.45) is 0 Å². The Bertz CT molecular complexity index is 453. The summed E-state index contributed by atoms with van der Waals surface area (Å²) in [6.45, 7) is 2.76. The Kier molecular flexibility index (Phi) is 3.59. The lowest BCUT2D eigenvalue weighted by molar-refractivity contribution is -0.132. The van der Waals surface area contributed by atoms with Gasteiger partial charge in [0.2, 0.25) is 5.91 Å². The summed E-state index contributed by atoms with van der Waals surface area (Å²) in [4.78, 5) is 28.8. The fraction of sp³-hybridized carbons (Fsp3) is 0.636.